The predicted molar refractivity (Wildman–Crippen MR) is 144 cm³/mol. The molecule has 1 N–H and O–H groups in total. The standard InChI is InChI=1S/C20H23N5O4S2.C5H10O2/c1-3-18(31(28,29)16-8-10-21-11-9-16)19-17-12-24-25(20(17)23-13-22-19)14-4-6-15(7-5-14)30(2,26)27;1-5(2,3)7-4-6/h3-7,12-13,16,18,21H,1,8-11H2,2H3;4H,1-3H3. The maximum absolute atomic E-state index is 13.3. The molecule has 0 spiro atoms. The summed E-state index contributed by atoms with van der Waals surface area (Å²) in [6.45, 7) is 11.0. The van der Waals surface area contributed by atoms with Gasteiger partial charge in [0.2, 0.25) is 0 Å². The van der Waals surface area contributed by atoms with Crippen LogP contribution in [0.4, 0.5) is 0 Å². The molecule has 1 atom stereocenters. The van der Waals surface area contributed by atoms with E-state index in [1.165, 1.54) is 35.4 Å². The van der Waals surface area contributed by atoms with E-state index in [2.05, 4.69) is 31.7 Å². The summed E-state index contributed by atoms with van der Waals surface area (Å²) in [5.74, 6) is 0. The van der Waals surface area contributed by atoms with Crippen LogP contribution in [0.2, 0.25) is 0 Å². The van der Waals surface area contributed by atoms with E-state index in [1.54, 1.807) is 12.1 Å². The number of hydrogen-bond acceptors (Lipinski definition) is 10. The van der Waals surface area contributed by atoms with Gasteiger partial charge in [-0.1, -0.05) is 6.08 Å². The number of carbonyl (C=O) groups is 1. The second kappa shape index (κ2) is 11.7. The monoisotopic (exact) mass is 563 g/mol. The molecule has 11 nitrogen and oxygen atoms in total. The van der Waals surface area contributed by atoms with Gasteiger partial charge in [0.1, 0.15) is 17.2 Å². The molecule has 206 valence electrons. The van der Waals surface area contributed by atoms with Crippen LogP contribution < -0.4 is 5.32 Å². The molecule has 1 aliphatic rings. The third kappa shape index (κ3) is 6.83. The van der Waals surface area contributed by atoms with E-state index < -0.39 is 30.2 Å². The summed E-state index contributed by atoms with van der Waals surface area (Å²) < 4.78 is 56.1. The minimum atomic E-state index is -3.55. The molecule has 0 aliphatic carbocycles. The van der Waals surface area contributed by atoms with E-state index in [0.717, 1.165) is 6.26 Å². The topological polar surface area (TPSA) is 150 Å². The van der Waals surface area contributed by atoms with E-state index >= 15 is 0 Å². The van der Waals surface area contributed by atoms with Crippen molar-refractivity contribution in [2.24, 2.45) is 0 Å². The molecular weight excluding hydrogens is 530 g/mol. The van der Waals surface area contributed by atoms with Crippen molar-refractivity contribution in [3.63, 3.8) is 0 Å². The third-order valence-electron chi connectivity index (χ3n) is 5.90. The van der Waals surface area contributed by atoms with Crippen molar-refractivity contribution in [3.8, 4) is 5.69 Å². The van der Waals surface area contributed by atoms with E-state index in [9.17, 15) is 21.6 Å². The molecule has 13 heteroatoms. The number of nitrogens with one attached hydrogen (secondary N) is 1. The molecule has 1 fully saturated rings. The number of benzene rings is 1. The zero-order valence-electron chi connectivity index (χ0n) is 21.9. The van der Waals surface area contributed by atoms with Crippen LogP contribution >= 0.6 is 0 Å². The molecule has 1 aromatic carbocycles. The number of piperidine rings is 1. The molecule has 0 bridgehead atoms. The SMILES string of the molecule is C=CC(c1ncnc2c1cnn2-c1ccc(S(C)(=O)=O)cc1)S(=O)(=O)C1CCNCC1.CC(C)(C)OC=O. The molecule has 0 amide bonds. The Kier molecular flexibility index (Phi) is 9.05. The second-order valence-corrected chi connectivity index (χ2v) is 14.2. The fraction of sp³-hybridized carbons (Fsp3) is 0.440. The highest BCUT2D eigenvalue weighted by Crippen LogP contribution is 2.33. The predicted octanol–water partition coefficient (Wildman–Crippen LogP) is 2.57. The van der Waals surface area contributed by atoms with Crippen LogP contribution in [-0.2, 0) is 29.2 Å². The summed E-state index contributed by atoms with van der Waals surface area (Å²) in [4.78, 5) is 18.4. The molecule has 0 saturated carbocycles. The Morgan fingerprint density at radius 1 is 1.11 bits per heavy atom. The first kappa shape index (κ1) is 29.4. The lowest BCUT2D eigenvalue weighted by Crippen LogP contribution is -2.37. The van der Waals surface area contributed by atoms with Crippen LogP contribution in [0.3, 0.4) is 0 Å². The normalized spacial score (nSPS) is 15.8. The number of ether oxygens (including phenoxy) is 1. The van der Waals surface area contributed by atoms with Crippen molar-refractivity contribution in [2.75, 3.05) is 19.3 Å². The summed E-state index contributed by atoms with van der Waals surface area (Å²) in [5, 5.41) is 6.62. The Hall–Kier alpha value is -3.16. The third-order valence-corrected chi connectivity index (χ3v) is 9.55. The lowest BCUT2D eigenvalue weighted by molar-refractivity contribution is -0.138. The Balaban J connectivity index is 0.000000505. The molecule has 1 saturated heterocycles. The maximum atomic E-state index is 13.3. The molecule has 1 aliphatic heterocycles. The second-order valence-electron chi connectivity index (χ2n) is 9.84. The van der Waals surface area contributed by atoms with Crippen molar-refractivity contribution >= 4 is 37.2 Å². The first-order valence-corrected chi connectivity index (χ1v) is 15.5. The largest absolute Gasteiger partial charge is 0.462 e. The number of sulfone groups is 2. The Bertz CT molecular complexity index is 1490. The average Bonchev–Trinajstić information content (AvgIpc) is 3.29. The summed E-state index contributed by atoms with van der Waals surface area (Å²) in [6.07, 6.45) is 6.50. The van der Waals surface area contributed by atoms with Crippen LogP contribution in [0.15, 0.2) is 54.3 Å². The van der Waals surface area contributed by atoms with Gasteiger partial charge >= 0.3 is 0 Å². The number of hydrogen-bond donors (Lipinski definition) is 1. The minimum absolute atomic E-state index is 0.197. The van der Waals surface area contributed by atoms with Gasteiger partial charge in [-0.3, -0.25) is 4.79 Å². The first-order chi connectivity index (χ1) is 17.8. The molecular formula is C25H33N5O6S2. The average molecular weight is 564 g/mol. The zero-order chi connectivity index (χ0) is 28.1. The van der Waals surface area contributed by atoms with Crippen LogP contribution in [0, 0.1) is 0 Å². The summed E-state index contributed by atoms with van der Waals surface area (Å²) >= 11 is 0. The van der Waals surface area contributed by atoms with Crippen molar-refractivity contribution in [1.29, 1.82) is 0 Å². The quantitative estimate of drug-likeness (QED) is 0.335. The number of fused-ring (bicyclic) bond motifs is 1. The summed E-state index contributed by atoms with van der Waals surface area (Å²) in [5.41, 5.74) is 1.06. The van der Waals surface area contributed by atoms with E-state index in [-0.39, 0.29) is 10.5 Å². The molecule has 2 aromatic heterocycles. The molecule has 1 unspecified atom stereocenters. The summed E-state index contributed by atoms with van der Waals surface area (Å²) in [7, 11) is -6.87. The molecule has 3 aromatic rings. The van der Waals surface area contributed by atoms with Gasteiger partial charge in [0.15, 0.2) is 25.3 Å². The summed E-state index contributed by atoms with van der Waals surface area (Å²) in [6, 6.07) is 6.24. The van der Waals surface area contributed by atoms with Crippen LogP contribution in [0.25, 0.3) is 16.7 Å². The zero-order valence-corrected chi connectivity index (χ0v) is 23.5. The Morgan fingerprint density at radius 3 is 2.24 bits per heavy atom. The highest BCUT2D eigenvalue weighted by atomic mass is 32.2. The number of nitrogens with zero attached hydrogens (tertiary/aromatic N) is 4. The number of carbonyl (C=O) groups excluding carboxylic acids is 1. The first-order valence-electron chi connectivity index (χ1n) is 12.0. The molecule has 3 heterocycles. The smallest absolute Gasteiger partial charge is 0.293 e. The van der Waals surface area contributed by atoms with E-state index in [0.29, 0.717) is 54.8 Å². The lowest BCUT2D eigenvalue weighted by Gasteiger charge is -2.26. The van der Waals surface area contributed by atoms with Gasteiger partial charge in [0.05, 0.1) is 33.1 Å². The van der Waals surface area contributed by atoms with Gasteiger partial charge < -0.3 is 10.1 Å². The van der Waals surface area contributed by atoms with Gasteiger partial charge in [0, 0.05) is 6.26 Å². The maximum Gasteiger partial charge on any atom is 0.293 e. The van der Waals surface area contributed by atoms with Gasteiger partial charge in [-0.15, -0.1) is 6.58 Å². The van der Waals surface area contributed by atoms with Crippen molar-refractivity contribution in [1.82, 2.24) is 25.1 Å². The Morgan fingerprint density at radius 2 is 1.74 bits per heavy atom. The van der Waals surface area contributed by atoms with E-state index in [1.807, 2.05) is 20.8 Å². The number of aromatic nitrogens is 4. The van der Waals surface area contributed by atoms with Crippen molar-refractivity contribution in [3.05, 3.63) is 55.1 Å². The lowest BCUT2D eigenvalue weighted by atomic mass is 10.2. The van der Waals surface area contributed by atoms with Crippen molar-refractivity contribution in [2.45, 2.75) is 54.6 Å². The van der Waals surface area contributed by atoms with E-state index in [4.69, 9.17) is 0 Å². The fourth-order valence-electron chi connectivity index (χ4n) is 3.99. The molecule has 4 rings (SSSR count). The van der Waals surface area contributed by atoms with Crippen LogP contribution in [-0.4, -0.2) is 73.3 Å². The van der Waals surface area contributed by atoms with Crippen LogP contribution in [0.1, 0.15) is 44.6 Å². The minimum Gasteiger partial charge on any atom is -0.462 e. The molecule has 0 radical (unpaired) electrons. The van der Waals surface area contributed by atoms with Gasteiger partial charge in [-0.25, -0.2) is 31.5 Å². The highest BCUT2D eigenvalue weighted by Gasteiger charge is 2.36. The van der Waals surface area contributed by atoms with Gasteiger partial charge in [-0.05, 0) is 71.0 Å². The fourth-order valence-corrected chi connectivity index (χ4v) is 6.69. The van der Waals surface area contributed by atoms with Gasteiger partial charge in [0.25, 0.3) is 6.47 Å². The molecule has 38 heavy (non-hydrogen) atoms. The van der Waals surface area contributed by atoms with Crippen LogP contribution in [0.5, 0.6) is 0 Å². The Labute approximate surface area is 223 Å². The number of rotatable bonds is 7. The highest BCUT2D eigenvalue weighted by molar-refractivity contribution is 7.92. The van der Waals surface area contributed by atoms with Crippen molar-refractivity contribution < 1.29 is 26.4 Å². The van der Waals surface area contributed by atoms with Gasteiger partial charge in [-0.2, -0.15) is 5.10 Å².